The first kappa shape index (κ1) is 22.1. The molecule has 0 aromatic carbocycles. The van der Waals surface area contributed by atoms with Gasteiger partial charge < -0.3 is 14.5 Å². The predicted octanol–water partition coefficient (Wildman–Crippen LogP) is 5.66. The fourth-order valence-electron chi connectivity index (χ4n) is 6.30. The van der Waals surface area contributed by atoms with Crippen molar-refractivity contribution in [1.29, 1.82) is 0 Å². The van der Waals surface area contributed by atoms with Gasteiger partial charge in [-0.2, -0.15) is 0 Å². The molecule has 0 aliphatic heterocycles. The lowest BCUT2D eigenvalue weighted by Gasteiger charge is -2.57. The van der Waals surface area contributed by atoms with E-state index in [1.807, 2.05) is 6.26 Å². The summed E-state index contributed by atoms with van der Waals surface area (Å²) in [5.41, 5.74) is 2.39. The number of aryl methyl sites for hydroxylation is 1. The largest absolute Gasteiger partial charge is 0.469 e. The second-order valence-corrected chi connectivity index (χ2v) is 10.0. The smallest absolute Gasteiger partial charge is 0.311 e. The van der Waals surface area contributed by atoms with Gasteiger partial charge in [0, 0.05) is 6.04 Å². The van der Waals surface area contributed by atoms with Crippen LogP contribution in [0, 0.1) is 22.7 Å². The van der Waals surface area contributed by atoms with Crippen LogP contribution in [-0.4, -0.2) is 19.1 Å². The number of hydrogen-bond acceptors (Lipinski definition) is 4. The molecule has 2 fully saturated rings. The van der Waals surface area contributed by atoms with Crippen LogP contribution in [0.15, 0.2) is 28.9 Å². The SMILES string of the molecule is C=C1CCC2C(C)(C(=O)OC)CCCC2(C)C1CCc1ccoc1CNC(C)C. The fourth-order valence-corrected chi connectivity index (χ4v) is 6.30. The van der Waals surface area contributed by atoms with Crippen molar-refractivity contribution in [2.75, 3.05) is 7.11 Å². The molecule has 4 unspecified atom stereocenters. The fraction of sp³-hybridized carbons (Fsp3) is 0.720. The quantitative estimate of drug-likeness (QED) is 0.473. The van der Waals surface area contributed by atoms with Crippen molar-refractivity contribution in [2.24, 2.45) is 22.7 Å². The van der Waals surface area contributed by atoms with Gasteiger partial charge >= 0.3 is 5.97 Å². The van der Waals surface area contributed by atoms with E-state index in [4.69, 9.17) is 9.15 Å². The van der Waals surface area contributed by atoms with E-state index in [2.05, 4.69) is 45.7 Å². The molecule has 4 heteroatoms. The number of hydrogen-bond donors (Lipinski definition) is 1. The number of carbonyl (C=O) groups is 1. The molecule has 0 bridgehead atoms. The normalized spacial score (nSPS) is 32.3. The first-order chi connectivity index (χ1) is 13.7. The van der Waals surface area contributed by atoms with Gasteiger partial charge in [-0.15, -0.1) is 0 Å². The summed E-state index contributed by atoms with van der Waals surface area (Å²) in [6, 6.07) is 2.55. The van der Waals surface area contributed by atoms with E-state index in [0.29, 0.717) is 17.9 Å². The van der Waals surface area contributed by atoms with Gasteiger partial charge in [0.2, 0.25) is 0 Å². The summed E-state index contributed by atoms with van der Waals surface area (Å²) in [6.07, 6.45) is 9.12. The van der Waals surface area contributed by atoms with E-state index in [-0.39, 0.29) is 16.8 Å². The van der Waals surface area contributed by atoms with Crippen molar-refractivity contribution in [3.63, 3.8) is 0 Å². The van der Waals surface area contributed by atoms with Crippen molar-refractivity contribution < 1.29 is 13.9 Å². The molecule has 0 spiro atoms. The number of rotatable bonds is 7. The van der Waals surface area contributed by atoms with E-state index in [9.17, 15) is 4.79 Å². The Kier molecular flexibility index (Phi) is 6.62. The first-order valence-electron chi connectivity index (χ1n) is 11.3. The highest BCUT2D eigenvalue weighted by molar-refractivity contribution is 5.77. The number of carbonyl (C=O) groups excluding carboxylic acids is 1. The first-order valence-corrected chi connectivity index (χ1v) is 11.3. The summed E-state index contributed by atoms with van der Waals surface area (Å²) in [4.78, 5) is 12.7. The third-order valence-corrected chi connectivity index (χ3v) is 7.88. The molecule has 1 aromatic heterocycles. The molecule has 2 aliphatic carbocycles. The Labute approximate surface area is 176 Å². The average Bonchev–Trinajstić information content (AvgIpc) is 3.12. The molecule has 1 heterocycles. The van der Waals surface area contributed by atoms with Gasteiger partial charge in [-0.05, 0) is 74.3 Å². The maximum atomic E-state index is 12.7. The number of methoxy groups -OCH3 is 1. The molecule has 4 nitrogen and oxygen atoms in total. The van der Waals surface area contributed by atoms with E-state index < -0.39 is 0 Å². The Morgan fingerprint density at radius 1 is 1.38 bits per heavy atom. The summed E-state index contributed by atoms with van der Waals surface area (Å²) in [7, 11) is 1.53. The van der Waals surface area contributed by atoms with E-state index >= 15 is 0 Å². The van der Waals surface area contributed by atoms with Crippen molar-refractivity contribution in [3.05, 3.63) is 35.8 Å². The van der Waals surface area contributed by atoms with E-state index in [1.165, 1.54) is 24.7 Å². The molecule has 0 radical (unpaired) electrons. The topological polar surface area (TPSA) is 51.5 Å². The van der Waals surface area contributed by atoms with Gasteiger partial charge in [0.15, 0.2) is 0 Å². The highest BCUT2D eigenvalue weighted by Crippen LogP contribution is 2.62. The zero-order valence-corrected chi connectivity index (χ0v) is 19.0. The van der Waals surface area contributed by atoms with Crippen LogP contribution in [0.1, 0.15) is 77.5 Å². The van der Waals surface area contributed by atoms with Crippen LogP contribution in [0.5, 0.6) is 0 Å². The van der Waals surface area contributed by atoms with Crippen LogP contribution in [0.4, 0.5) is 0 Å². The van der Waals surface area contributed by atoms with Crippen LogP contribution < -0.4 is 5.32 Å². The lowest BCUT2D eigenvalue weighted by Crippen LogP contribution is -2.53. The minimum Gasteiger partial charge on any atom is -0.469 e. The van der Waals surface area contributed by atoms with Gasteiger partial charge in [0.05, 0.1) is 25.3 Å². The number of esters is 1. The zero-order valence-electron chi connectivity index (χ0n) is 19.0. The Morgan fingerprint density at radius 2 is 2.14 bits per heavy atom. The van der Waals surface area contributed by atoms with Crippen LogP contribution in [-0.2, 0) is 22.5 Å². The number of ether oxygens (including phenoxy) is 1. The van der Waals surface area contributed by atoms with Crippen LogP contribution in [0.3, 0.4) is 0 Å². The molecule has 3 rings (SSSR count). The molecule has 2 saturated carbocycles. The number of fused-ring (bicyclic) bond motifs is 1. The Bertz CT molecular complexity index is 736. The highest BCUT2D eigenvalue weighted by Gasteiger charge is 2.57. The molecular formula is C25H39NO3. The van der Waals surface area contributed by atoms with Crippen LogP contribution >= 0.6 is 0 Å². The Morgan fingerprint density at radius 3 is 2.83 bits per heavy atom. The third kappa shape index (κ3) is 4.19. The molecule has 1 N–H and O–H groups in total. The van der Waals surface area contributed by atoms with Crippen molar-refractivity contribution in [2.45, 2.75) is 85.2 Å². The van der Waals surface area contributed by atoms with Gasteiger partial charge in [-0.1, -0.05) is 39.3 Å². The summed E-state index contributed by atoms with van der Waals surface area (Å²) in [6.45, 7) is 14.1. The molecule has 0 saturated heterocycles. The average molecular weight is 402 g/mol. The summed E-state index contributed by atoms with van der Waals surface area (Å²) < 4.78 is 11.0. The van der Waals surface area contributed by atoms with Gasteiger partial charge in [0.25, 0.3) is 0 Å². The summed E-state index contributed by atoms with van der Waals surface area (Å²) in [5.74, 6) is 1.81. The number of furan rings is 1. The summed E-state index contributed by atoms with van der Waals surface area (Å²) in [5, 5.41) is 3.45. The van der Waals surface area contributed by atoms with Gasteiger partial charge in [-0.3, -0.25) is 4.79 Å². The number of allylic oxidation sites excluding steroid dienone is 1. The number of nitrogens with one attached hydrogen (secondary N) is 1. The molecule has 4 atom stereocenters. The van der Waals surface area contributed by atoms with E-state index in [1.54, 1.807) is 0 Å². The Balaban J connectivity index is 1.78. The van der Waals surface area contributed by atoms with Crippen molar-refractivity contribution >= 4 is 5.97 Å². The monoisotopic (exact) mass is 401 g/mol. The Hall–Kier alpha value is -1.55. The highest BCUT2D eigenvalue weighted by atomic mass is 16.5. The maximum Gasteiger partial charge on any atom is 0.311 e. The summed E-state index contributed by atoms with van der Waals surface area (Å²) >= 11 is 0. The minimum absolute atomic E-state index is 0.0310. The van der Waals surface area contributed by atoms with E-state index in [0.717, 1.165) is 50.8 Å². The zero-order chi connectivity index (χ0) is 21.2. The molecule has 2 aliphatic rings. The second kappa shape index (κ2) is 8.67. The molecule has 29 heavy (non-hydrogen) atoms. The van der Waals surface area contributed by atoms with Crippen molar-refractivity contribution in [1.82, 2.24) is 5.32 Å². The lowest BCUT2D eigenvalue weighted by atomic mass is 9.46. The van der Waals surface area contributed by atoms with Crippen LogP contribution in [0.2, 0.25) is 0 Å². The van der Waals surface area contributed by atoms with Crippen molar-refractivity contribution in [3.8, 4) is 0 Å². The maximum absolute atomic E-state index is 12.7. The van der Waals surface area contributed by atoms with Crippen LogP contribution in [0.25, 0.3) is 0 Å². The molecular weight excluding hydrogens is 362 g/mol. The molecule has 162 valence electrons. The predicted molar refractivity (Wildman–Crippen MR) is 116 cm³/mol. The second-order valence-electron chi connectivity index (χ2n) is 10.0. The molecule has 1 aromatic rings. The minimum atomic E-state index is -0.372. The van der Waals surface area contributed by atoms with Gasteiger partial charge in [0.1, 0.15) is 5.76 Å². The lowest BCUT2D eigenvalue weighted by molar-refractivity contribution is -0.168. The van der Waals surface area contributed by atoms with Gasteiger partial charge in [-0.25, -0.2) is 0 Å². The molecule has 0 amide bonds. The third-order valence-electron chi connectivity index (χ3n) is 7.88. The standard InChI is InChI=1S/C25H39NO3/c1-17(2)26-16-21-19(12-15-29-21)9-10-20-18(3)8-11-22-24(20,4)13-7-14-25(22,5)23(27)28-6/h12,15,17,20,22,26H,3,7-11,13-14,16H2,1-2,4-6H3.